The van der Waals surface area contributed by atoms with Gasteiger partial charge in [0.05, 0.1) is 0 Å². The fraction of sp³-hybridized carbons (Fsp3) is 0.362. The molecule has 0 heterocycles. The third kappa shape index (κ3) is 6.25. The highest BCUT2D eigenvalue weighted by molar-refractivity contribution is 5.88. The lowest BCUT2D eigenvalue weighted by Gasteiger charge is -2.27. The van der Waals surface area contributed by atoms with Gasteiger partial charge < -0.3 is 0 Å². The molecule has 0 unspecified atom stereocenters. The van der Waals surface area contributed by atoms with Gasteiger partial charge in [-0.15, -0.1) is 0 Å². The van der Waals surface area contributed by atoms with Crippen LogP contribution in [0.1, 0.15) is 134 Å². The SMILES string of the molecule is CC(C)(C)c1ccc(C(c2ccc(C(C)(C)C)cc2)=c2c(C(C)(C)C)cc3c(c2C2=CC=CC2)C=c2ccc(C(C)(C)C)cc2=3)cc1. The Morgan fingerprint density at radius 3 is 1.49 bits per heavy atom. The van der Waals surface area contributed by atoms with Crippen LogP contribution in [0.25, 0.3) is 17.2 Å². The number of rotatable bonds is 3. The second-order valence-electron chi connectivity index (χ2n) is 17.9. The summed E-state index contributed by atoms with van der Waals surface area (Å²) in [5, 5.41) is 5.43. The topological polar surface area (TPSA) is 0 Å². The van der Waals surface area contributed by atoms with Gasteiger partial charge in [-0.2, -0.15) is 0 Å². The first-order valence-electron chi connectivity index (χ1n) is 17.5. The van der Waals surface area contributed by atoms with Crippen molar-refractivity contribution in [1.82, 2.24) is 0 Å². The normalized spacial score (nSPS) is 14.5. The van der Waals surface area contributed by atoms with E-state index in [9.17, 15) is 0 Å². The first-order chi connectivity index (χ1) is 21.8. The molecule has 0 saturated carbocycles. The molecule has 0 aliphatic heterocycles. The van der Waals surface area contributed by atoms with E-state index in [4.69, 9.17) is 0 Å². The number of hydrogen-bond donors (Lipinski definition) is 0. The molecule has 0 bridgehead atoms. The third-order valence-corrected chi connectivity index (χ3v) is 10.1. The molecule has 47 heavy (non-hydrogen) atoms. The van der Waals surface area contributed by atoms with E-state index in [0.717, 1.165) is 6.42 Å². The van der Waals surface area contributed by atoms with Gasteiger partial charge in [-0.25, -0.2) is 0 Å². The van der Waals surface area contributed by atoms with Crippen LogP contribution in [0, 0.1) is 10.4 Å². The van der Waals surface area contributed by atoms with Gasteiger partial charge in [-0.05, 0) is 117 Å². The second kappa shape index (κ2) is 11.4. The van der Waals surface area contributed by atoms with Crippen molar-refractivity contribution in [1.29, 1.82) is 0 Å². The Balaban J connectivity index is 1.84. The number of benzene rings is 4. The van der Waals surface area contributed by atoms with E-state index in [1.54, 1.807) is 0 Å². The molecule has 0 aromatic heterocycles. The zero-order valence-electron chi connectivity index (χ0n) is 30.9. The Hall–Kier alpha value is -3.90. The van der Waals surface area contributed by atoms with Gasteiger partial charge in [0, 0.05) is 0 Å². The van der Waals surface area contributed by atoms with Gasteiger partial charge in [0.1, 0.15) is 0 Å². The molecule has 2 aliphatic carbocycles. The van der Waals surface area contributed by atoms with Gasteiger partial charge in [0.25, 0.3) is 0 Å². The molecule has 0 saturated heterocycles. The zero-order chi connectivity index (χ0) is 34.1. The minimum atomic E-state index is -0.0853. The van der Waals surface area contributed by atoms with Crippen LogP contribution in [-0.2, 0) is 21.7 Å². The average molecular weight is 619 g/mol. The van der Waals surface area contributed by atoms with Crippen LogP contribution in [0.5, 0.6) is 0 Å². The smallest absolute Gasteiger partial charge is 0.00295 e. The van der Waals surface area contributed by atoms with Gasteiger partial charge in [0.2, 0.25) is 0 Å². The van der Waals surface area contributed by atoms with Crippen molar-refractivity contribution >= 4 is 17.2 Å². The lowest BCUT2D eigenvalue weighted by atomic mass is 9.77. The molecule has 4 aromatic rings. The quantitative estimate of drug-likeness (QED) is 0.189. The predicted octanol–water partition coefficient (Wildman–Crippen LogP) is 10.9. The second-order valence-corrected chi connectivity index (χ2v) is 17.9. The van der Waals surface area contributed by atoms with E-state index in [2.05, 4.69) is 180 Å². The van der Waals surface area contributed by atoms with Crippen LogP contribution in [0.4, 0.5) is 0 Å². The van der Waals surface area contributed by atoms with Crippen molar-refractivity contribution in [3.8, 4) is 0 Å². The highest BCUT2D eigenvalue weighted by Gasteiger charge is 2.27. The largest absolute Gasteiger partial charge is 0.0801 e. The van der Waals surface area contributed by atoms with Crippen molar-refractivity contribution in [3.05, 3.63) is 156 Å². The molecule has 242 valence electrons. The summed E-state index contributed by atoms with van der Waals surface area (Å²) in [4.78, 5) is 0. The molecular formula is C47H54. The highest BCUT2D eigenvalue weighted by atomic mass is 14.3. The minimum absolute atomic E-state index is 0.0853. The van der Waals surface area contributed by atoms with E-state index >= 15 is 0 Å². The average Bonchev–Trinajstić information content (AvgIpc) is 3.63. The van der Waals surface area contributed by atoms with Gasteiger partial charge in [-0.3, -0.25) is 0 Å². The third-order valence-electron chi connectivity index (χ3n) is 10.1. The first kappa shape index (κ1) is 33.0. The van der Waals surface area contributed by atoms with Crippen molar-refractivity contribution in [2.24, 2.45) is 0 Å². The predicted molar refractivity (Wildman–Crippen MR) is 204 cm³/mol. The number of allylic oxidation sites excluding steroid dienone is 4. The Morgan fingerprint density at radius 2 is 1.04 bits per heavy atom. The van der Waals surface area contributed by atoms with Crippen LogP contribution >= 0.6 is 0 Å². The van der Waals surface area contributed by atoms with Crippen molar-refractivity contribution < 1.29 is 0 Å². The van der Waals surface area contributed by atoms with Gasteiger partial charge in [0.15, 0.2) is 0 Å². The summed E-state index contributed by atoms with van der Waals surface area (Å²) >= 11 is 0. The molecule has 0 amide bonds. The van der Waals surface area contributed by atoms with E-state index in [1.165, 1.54) is 76.5 Å². The Bertz CT molecular complexity index is 2070. The van der Waals surface area contributed by atoms with E-state index in [1.807, 2.05) is 0 Å². The van der Waals surface area contributed by atoms with Crippen LogP contribution in [0.3, 0.4) is 0 Å². The van der Waals surface area contributed by atoms with Crippen LogP contribution < -0.4 is 10.4 Å². The first-order valence-corrected chi connectivity index (χ1v) is 17.5. The maximum Gasteiger partial charge on any atom is -0.00295 e. The summed E-state index contributed by atoms with van der Waals surface area (Å²) in [5.41, 5.74) is 13.7. The summed E-state index contributed by atoms with van der Waals surface area (Å²) in [5.74, 6) is 0. The Morgan fingerprint density at radius 1 is 0.532 bits per heavy atom. The van der Waals surface area contributed by atoms with Crippen LogP contribution in [0.2, 0.25) is 0 Å². The number of fused-ring (bicyclic) bond motifs is 2. The van der Waals surface area contributed by atoms with Crippen molar-refractivity contribution in [2.75, 3.05) is 0 Å². The van der Waals surface area contributed by atoms with Gasteiger partial charge in [-0.1, -0.05) is 168 Å². The monoisotopic (exact) mass is 618 g/mol. The van der Waals surface area contributed by atoms with E-state index < -0.39 is 0 Å². The molecule has 4 aromatic carbocycles. The molecule has 0 N–H and O–H groups in total. The van der Waals surface area contributed by atoms with Gasteiger partial charge >= 0.3 is 0 Å². The summed E-state index contributed by atoms with van der Waals surface area (Å²) in [6, 6.07) is 28.5. The maximum absolute atomic E-state index is 2.54. The molecule has 0 nitrogen and oxygen atoms in total. The van der Waals surface area contributed by atoms with E-state index in [0.29, 0.717) is 0 Å². The summed E-state index contributed by atoms with van der Waals surface area (Å²) < 4.78 is 0. The molecule has 2 aliphatic rings. The summed E-state index contributed by atoms with van der Waals surface area (Å²) in [7, 11) is 0. The lowest BCUT2D eigenvalue weighted by Crippen LogP contribution is -2.29. The molecule has 0 radical (unpaired) electrons. The molecule has 0 spiro atoms. The number of hydrogen-bond acceptors (Lipinski definition) is 0. The zero-order valence-corrected chi connectivity index (χ0v) is 30.9. The van der Waals surface area contributed by atoms with Crippen molar-refractivity contribution in [2.45, 2.75) is 111 Å². The van der Waals surface area contributed by atoms with Crippen LogP contribution in [0.15, 0.2) is 91.0 Å². The lowest BCUT2D eigenvalue weighted by molar-refractivity contribution is 0.584. The van der Waals surface area contributed by atoms with E-state index in [-0.39, 0.29) is 21.7 Å². The fourth-order valence-corrected chi connectivity index (χ4v) is 7.15. The van der Waals surface area contributed by atoms with Crippen molar-refractivity contribution in [3.63, 3.8) is 0 Å². The van der Waals surface area contributed by atoms with Crippen LogP contribution in [-0.4, -0.2) is 0 Å². The molecule has 0 heteroatoms. The summed E-state index contributed by atoms with van der Waals surface area (Å²) in [6.45, 7) is 27.9. The summed E-state index contributed by atoms with van der Waals surface area (Å²) in [6.07, 6.45) is 10.3. The maximum atomic E-state index is 2.54. The Labute approximate surface area is 284 Å². The molecular weight excluding hydrogens is 565 g/mol. The molecule has 0 atom stereocenters. The molecule has 0 fully saturated rings. The minimum Gasteiger partial charge on any atom is -0.0801 e. The standard InChI is InChI=1S/C47H54/c1-44(2,3)34-22-17-31(18-23-34)41(32-19-24-35(25-20-32)45(4,5)6)43-40(47(10,11)12)29-38-37-28-36(46(7,8)9)26-21-33(37)27-39(38)42(43)30-15-13-14-16-30/h13-15,17-29H,16H2,1-12H3. The molecule has 6 rings (SSSR count). The fourth-order valence-electron chi connectivity index (χ4n) is 7.15. The highest BCUT2D eigenvalue weighted by Crippen LogP contribution is 2.35. The Kier molecular flexibility index (Phi) is 7.98.